The molecular formula is C22H21Cl3N6O11P2S2. The Morgan fingerprint density at radius 1 is 0.913 bits per heavy atom. The average Bonchev–Trinajstić information content (AvgIpc) is 3.71. The van der Waals surface area contributed by atoms with E-state index in [1.165, 1.54) is 27.6 Å². The summed E-state index contributed by atoms with van der Waals surface area (Å²) in [6, 6.07) is 2.94. The third kappa shape index (κ3) is 5.97. The lowest BCUT2D eigenvalue weighted by molar-refractivity contribution is -0.0574. The van der Waals surface area contributed by atoms with Crippen molar-refractivity contribution in [1.29, 1.82) is 0 Å². The van der Waals surface area contributed by atoms with Gasteiger partial charge in [0, 0.05) is 0 Å². The second-order valence-corrected chi connectivity index (χ2v) is 17.2. The highest BCUT2D eigenvalue weighted by Crippen LogP contribution is 2.60. The molecule has 1 aromatic carbocycles. The number of nitrogens with one attached hydrogen (secondary N) is 1. The van der Waals surface area contributed by atoms with Crippen LogP contribution in [0.25, 0.3) is 22.2 Å². The zero-order valence-corrected chi connectivity index (χ0v) is 28.4. The van der Waals surface area contributed by atoms with Crippen LogP contribution in [0, 0.1) is 0 Å². The highest BCUT2D eigenvalue weighted by Gasteiger charge is 2.53. The number of halogens is 3. The number of rotatable bonds is 2. The highest BCUT2D eigenvalue weighted by molar-refractivity contribution is 8.44. The smallest absolute Gasteiger partial charge is 0.386 e. The predicted octanol–water partition coefficient (Wildman–Crippen LogP) is 3.54. The van der Waals surface area contributed by atoms with Crippen molar-refractivity contribution in [2.45, 2.75) is 49.1 Å². The molecule has 10 atom stereocenters. The van der Waals surface area contributed by atoms with Crippen LogP contribution in [-0.4, -0.2) is 89.1 Å². The topological polar surface area (TPSA) is 211 Å². The molecule has 46 heavy (non-hydrogen) atoms. The van der Waals surface area contributed by atoms with Crippen molar-refractivity contribution in [3.8, 4) is 0 Å². The number of aliphatic hydroxyl groups excluding tert-OH is 2. The molecule has 3 fully saturated rings. The normalized spacial score (nSPS) is 37.2. The maximum Gasteiger partial charge on any atom is 0.386 e. The fourth-order valence-electron chi connectivity index (χ4n) is 5.45. The summed E-state index contributed by atoms with van der Waals surface area (Å²) in [5.41, 5.74) is 0.151. The van der Waals surface area contributed by atoms with E-state index in [0.29, 0.717) is 11.0 Å². The maximum absolute atomic E-state index is 13.6. The number of aliphatic hydroxyl groups is 2. The summed E-state index contributed by atoms with van der Waals surface area (Å²) in [5.74, 6) is 0. The van der Waals surface area contributed by atoms with Gasteiger partial charge in [-0.2, -0.15) is 0 Å². The molecule has 2 bridgehead atoms. The van der Waals surface area contributed by atoms with Crippen molar-refractivity contribution in [3.05, 3.63) is 50.5 Å². The van der Waals surface area contributed by atoms with Gasteiger partial charge in [-0.1, -0.05) is 47.7 Å². The molecule has 0 aliphatic carbocycles. The lowest BCUT2D eigenvalue weighted by Gasteiger charge is -2.26. The van der Waals surface area contributed by atoms with Gasteiger partial charge in [-0.25, -0.2) is 24.1 Å². The van der Waals surface area contributed by atoms with Crippen LogP contribution in [-0.2, 0) is 36.7 Å². The summed E-state index contributed by atoms with van der Waals surface area (Å²) in [5, 5.41) is 22.8. The highest BCUT2D eigenvalue weighted by atomic mass is 35.5. The van der Waals surface area contributed by atoms with E-state index in [-0.39, 0.29) is 26.5 Å². The number of imidazole rings is 2. The van der Waals surface area contributed by atoms with Crippen LogP contribution in [0.3, 0.4) is 0 Å². The van der Waals surface area contributed by atoms with Crippen LogP contribution >= 0.6 is 72.9 Å². The Kier molecular flexibility index (Phi) is 8.87. The van der Waals surface area contributed by atoms with Crippen LogP contribution < -0.4 is 5.56 Å². The van der Waals surface area contributed by atoms with E-state index in [0.717, 1.165) is 6.33 Å². The van der Waals surface area contributed by atoms with Crippen LogP contribution in [0.5, 0.6) is 0 Å². The van der Waals surface area contributed by atoms with Gasteiger partial charge in [0.05, 0.1) is 46.9 Å². The molecule has 7 rings (SSSR count). The molecule has 4 aromatic rings. The van der Waals surface area contributed by atoms with Gasteiger partial charge in [-0.3, -0.25) is 32.0 Å². The average molecular weight is 778 g/mol. The third-order valence-corrected chi connectivity index (χ3v) is 11.7. The summed E-state index contributed by atoms with van der Waals surface area (Å²) in [6.07, 6.45) is -8.87. The van der Waals surface area contributed by atoms with Crippen LogP contribution in [0.2, 0.25) is 15.3 Å². The monoisotopic (exact) mass is 776 g/mol. The number of H-pyrrole nitrogens is 1. The van der Waals surface area contributed by atoms with Crippen molar-refractivity contribution < 1.29 is 46.9 Å². The van der Waals surface area contributed by atoms with Crippen molar-refractivity contribution in [1.82, 2.24) is 29.1 Å². The van der Waals surface area contributed by atoms with Crippen LogP contribution in [0.4, 0.5) is 0 Å². The maximum atomic E-state index is 13.6. The summed E-state index contributed by atoms with van der Waals surface area (Å²) < 4.78 is 63.9. The predicted molar refractivity (Wildman–Crippen MR) is 168 cm³/mol. The van der Waals surface area contributed by atoms with Crippen molar-refractivity contribution >= 4 is 95.1 Å². The molecule has 248 valence electrons. The van der Waals surface area contributed by atoms with Gasteiger partial charge in [0.25, 0.3) is 5.56 Å². The van der Waals surface area contributed by atoms with Crippen molar-refractivity contribution in [2.75, 3.05) is 13.2 Å². The molecule has 0 spiro atoms. The van der Waals surface area contributed by atoms with Gasteiger partial charge in [0.2, 0.25) is 5.28 Å². The first kappa shape index (κ1) is 33.3. The molecule has 3 aliphatic rings. The molecule has 0 amide bonds. The summed E-state index contributed by atoms with van der Waals surface area (Å²) in [4.78, 5) is 27.0. The van der Waals surface area contributed by atoms with E-state index in [4.69, 9.17) is 62.4 Å². The quantitative estimate of drug-likeness (QED) is 0.146. The van der Waals surface area contributed by atoms with Crippen LogP contribution in [0.15, 0.2) is 29.6 Å². The summed E-state index contributed by atoms with van der Waals surface area (Å²) >= 11 is 26.9. The van der Waals surface area contributed by atoms with Gasteiger partial charge in [0.15, 0.2) is 23.6 Å². The number of hydrogen-bond acceptors (Lipinski definition) is 14. The molecule has 3 saturated heterocycles. The van der Waals surface area contributed by atoms with E-state index in [1.54, 1.807) is 0 Å². The van der Waals surface area contributed by atoms with Gasteiger partial charge in [-0.15, -0.1) is 0 Å². The van der Waals surface area contributed by atoms with E-state index in [9.17, 15) is 24.1 Å². The Balaban J connectivity index is 1.21. The zero-order valence-electron chi connectivity index (χ0n) is 22.6. The third-order valence-electron chi connectivity index (χ3n) is 7.52. The standard InChI is InChI=1S/C22H21Cl3N6O11P2S2/c23-7-1-9-10(2-8(7)24)31(22(25)29-9)20-15(33)16-12(40-20)4-38-44(36,46)42-17-14(32)11(3-37-43(35,45)41-16)39-21(17)30-6-28-13-18(30)26-5-27-19(13)34/h1-2,5-6,11-12,14-17,20-21,32-33H,3-4H2,(H,35,45)(H,36,46)(H,26,27,34)/t11-,12-,14?,15?,16?,17?,20-,21-,43?,44?/m1/s1. The minimum atomic E-state index is -4.38. The van der Waals surface area contributed by atoms with Gasteiger partial charge in [-0.05, 0) is 23.7 Å². The van der Waals surface area contributed by atoms with E-state index in [2.05, 4.69) is 44.4 Å². The lowest BCUT2D eigenvalue weighted by Crippen LogP contribution is -2.36. The molecule has 3 aliphatic heterocycles. The van der Waals surface area contributed by atoms with E-state index >= 15 is 0 Å². The van der Waals surface area contributed by atoms with Crippen LogP contribution in [0.1, 0.15) is 12.5 Å². The molecule has 0 saturated carbocycles. The van der Waals surface area contributed by atoms with Crippen molar-refractivity contribution in [3.63, 3.8) is 0 Å². The number of aromatic nitrogens is 6. The SMILES string of the molecule is O=c1[nH]cnc2c1ncn2[C@@H]1O[C@@H]2COP(=O)(S)OC3C(O)[C@H](n4c(Cl)nc5cc(Cl)c(Cl)cc54)O[C@@H]3COP(=O)(S)OC1C2O. The number of benzene rings is 1. The Morgan fingerprint density at radius 2 is 1.57 bits per heavy atom. The van der Waals surface area contributed by atoms with Gasteiger partial charge < -0.3 is 24.7 Å². The number of hydrogen-bond donors (Lipinski definition) is 5. The second kappa shape index (κ2) is 12.3. The Hall–Kier alpha value is -1.25. The lowest BCUT2D eigenvalue weighted by atomic mass is 10.1. The molecule has 6 unspecified atom stereocenters. The Bertz CT molecular complexity index is 2000. The first-order valence-electron chi connectivity index (χ1n) is 13.1. The minimum absolute atomic E-state index is 0.0410. The number of ether oxygens (including phenoxy) is 2. The second-order valence-electron chi connectivity index (χ2n) is 10.3. The Labute approximate surface area is 282 Å². The molecule has 3 N–H and O–H groups in total. The molecule has 0 radical (unpaired) electrons. The minimum Gasteiger partial charge on any atom is -0.387 e. The van der Waals surface area contributed by atoms with Gasteiger partial charge >= 0.3 is 13.6 Å². The zero-order chi connectivity index (χ0) is 32.7. The molecular weight excluding hydrogens is 757 g/mol. The van der Waals surface area contributed by atoms with Gasteiger partial charge in [0.1, 0.15) is 36.6 Å². The van der Waals surface area contributed by atoms with E-state index < -0.39 is 81.4 Å². The summed E-state index contributed by atoms with van der Waals surface area (Å²) in [7, 11) is 0. The fourth-order valence-corrected chi connectivity index (χ4v) is 8.99. The fraction of sp³-hybridized carbons (Fsp3) is 0.455. The Morgan fingerprint density at radius 3 is 2.30 bits per heavy atom. The molecule has 17 nitrogen and oxygen atoms in total. The summed E-state index contributed by atoms with van der Waals surface area (Å²) in [6.45, 7) is -9.91. The number of thiol groups is 2. The molecule has 3 aromatic heterocycles. The number of aromatic amines is 1. The molecule has 6 heterocycles. The van der Waals surface area contributed by atoms with Crippen molar-refractivity contribution in [2.24, 2.45) is 0 Å². The number of nitrogens with zero attached hydrogens (tertiary/aromatic N) is 5. The van der Waals surface area contributed by atoms with E-state index in [1.807, 2.05) is 0 Å². The number of fused-ring (bicyclic) bond motifs is 5. The largest absolute Gasteiger partial charge is 0.387 e. The first-order valence-corrected chi connectivity index (χ1v) is 19.7. The first-order chi connectivity index (χ1) is 21.7. The molecule has 24 heteroatoms.